The number of fused-ring (bicyclic) bond motifs is 2. The fourth-order valence-electron chi connectivity index (χ4n) is 6.24. The van der Waals surface area contributed by atoms with Crippen molar-refractivity contribution < 1.29 is 8.42 Å². The maximum absolute atomic E-state index is 12.5. The molecule has 216 valence electrons. The van der Waals surface area contributed by atoms with Gasteiger partial charge in [0.2, 0.25) is 0 Å². The predicted molar refractivity (Wildman–Crippen MR) is 165 cm³/mol. The second-order valence-corrected chi connectivity index (χ2v) is 13.5. The van der Waals surface area contributed by atoms with Crippen LogP contribution in [-0.2, 0) is 10.2 Å². The van der Waals surface area contributed by atoms with Gasteiger partial charge in [-0.3, -0.25) is 9.30 Å². The number of aromatic nitrogens is 4. The van der Waals surface area contributed by atoms with E-state index in [4.69, 9.17) is 15.7 Å². The van der Waals surface area contributed by atoms with Gasteiger partial charge in [-0.05, 0) is 25.0 Å². The summed E-state index contributed by atoms with van der Waals surface area (Å²) in [5, 5.41) is 1.06. The van der Waals surface area contributed by atoms with Crippen LogP contribution < -0.4 is 5.73 Å². The van der Waals surface area contributed by atoms with E-state index in [0.717, 1.165) is 70.7 Å². The van der Waals surface area contributed by atoms with Crippen LogP contribution >= 0.6 is 0 Å². The molecule has 1 aliphatic carbocycles. The molecule has 11 heteroatoms. The Morgan fingerprint density at radius 3 is 2.38 bits per heavy atom. The standard InChI is InChI=1S/C31H34N8O2S/c1-36(2)42(40,41)38-16-14-37(15-17-38)25-18-24(19-25)31-35-28(29-30(32)33-12-13-39(29)31)23-9-8-22-10-11-26(34-27(22)20-23)21-6-4-3-5-7-21/h3-13,20,24-25H,14-19H2,1-2H3,(H2,32,33). The Bertz CT molecular complexity index is 1880. The Morgan fingerprint density at radius 1 is 0.905 bits per heavy atom. The summed E-state index contributed by atoms with van der Waals surface area (Å²) in [7, 11) is -0.203. The van der Waals surface area contributed by atoms with E-state index in [0.29, 0.717) is 24.9 Å². The number of hydrogen-bond donors (Lipinski definition) is 1. The smallest absolute Gasteiger partial charge is 0.281 e. The summed E-state index contributed by atoms with van der Waals surface area (Å²) in [6.07, 6.45) is 5.62. The molecule has 3 aromatic heterocycles. The van der Waals surface area contributed by atoms with E-state index in [-0.39, 0.29) is 5.92 Å². The van der Waals surface area contributed by atoms with E-state index < -0.39 is 10.2 Å². The maximum atomic E-state index is 12.5. The van der Waals surface area contributed by atoms with Crippen molar-refractivity contribution in [2.45, 2.75) is 24.8 Å². The number of benzene rings is 2. The first-order chi connectivity index (χ1) is 20.3. The zero-order valence-electron chi connectivity index (χ0n) is 23.8. The van der Waals surface area contributed by atoms with Crippen molar-refractivity contribution in [3.05, 3.63) is 78.9 Å². The third-order valence-corrected chi connectivity index (χ3v) is 10.6. The van der Waals surface area contributed by atoms with E-state index in [2.05, 4.69) is 56.7 Å². The predicted octanol–water partition coefficient (Wildman–Crippen LogP) is 3.86. The Hall–Kier alpha value is -3.90. The molecule has 2 fully saturated rings. The van der Waals surface area contributed by atoms with Gasteiger partial charge < -0.3 is 5.73 Å². The lowest BCUT2D eigenvalue weighted by molar-refractivity contribution is 0.0718. The molecule has 0 amide bonds. The molecule has 0 radical (unpaired) electrons. The van der Waals surface area contributed by atoms with Gasteiger partial charge in [-0.2, -0.15) is 17.0 Å². The van der Waals surface area contributed by atoms with Gasteiger partial charge in [0.15, 0.2) is 0 Å². The van der Waals surface area contributed by atoms with Crippen LogP contribution in [0.15, 0.2) is 73.1 Å². The summed E-state index contributed by atoms with van der Waals surface area (Å²) in [5.41, 5.74) is 11.9. The second kappa shape index (κ2) is 10.4. The van der Waals surface area contributed by atoms with Crippen molar-refractivity contribution in [3.63, 3.8) is 0 Å². The Morgan fingerprint density at radius 2 is 1.64 bits per heavy atom. The average Bonchev–Trinajstić information content (AvgIpc) is 3.37. The summed E-state index contributed by atoms with van der Waals surface area (Å²) < 4.78 is 30.0. The highest BCUT2D eigenvalue weighted by atomic mass is 32.2. The van der Waals surface area contributed by atoms with Gasteiger partial charge in [-0.25, -0.2) is 15.0 Å². The molecular weight excluding hydrogens is 548 g/mol. The first kappa shape index (κ1) is 27.0. The minimum absolute atomic E-state index is 0.282. The summed E-state index contributed by atoms with van der Waals surface area (Å²) >= 11 is 0. The van der Waals surface area contributed by atoms with E-state index in [1.54, 1.807) is 24.6 Å². The Balaban J connectivity index is 1.15. The summed E-state index contributed by atoms with van der Waals surface area (Å²) in [5.74, 6) is 1.72. The van der Waals surface area contributed by atoms with Crippen LogP contribution in [0.25, 0.3) is 38.9 Å². The van der Waals surface area contributed by atoms with Gasteiger partial charge in [-0.15, -0.1) is 0 Å². The number of anilines is 1. The lowest BCUT2D eigenvalue weighted by Gasteiger charge is -2.46. The third kappa shape index (κ3) is 4.62. The van der Waals surface area contributed by atoms with Crippen LogP contribution in [0.3, 0.4) is 0 Å². The van der Waals surface area contributed by atoms with Gasteiger partial charge in [0.05, 0.1) is 11.2 Å². The second-order valence-electron chi connectivity index (χ2n) is 11.4. The van der Waals surface area contributed by atoms with Crippen LogP contribution in [0.5, 0.6) is 0 Å². The number of nitrogens with zero attached hydrogens (tertiary/aromatic N) is 7. The van der Waals surface area contributed by atoms with Crippen LogP contribution in [0, 0.1) is 0 Å². The van der Waals surface area contributed by atoms with Crippen LogP contribution in [-0.4, -0.2) is 87.6 Å². The topological polar surface area (TPSA) is 113 Å². The van der Waals surface area contributed by atoms with Gasteiger partial charge in [0.25, 0.3) is 10.2 Å². The van der Waals surface area contributed by atoms with Crippen molar-refractivity contribution in [3.8, 4) is 22.5 Å². The number of pyridine rings is 1. The summed E-state index contributed by atoms with van der Waals surface area (Å²) in [4.78, 5) is 17.0. The number of piperazine rings is 1. The van der Waals surface area contributed by atoms with Gasteiger partial charge in [-0.1, -0.05) is 48.5 Å². The van der Waals surface area contributed by atoms with Crippen molar-refractivity contribution in [2.75, 3.05) is 46.0 Å². The molecule has 0 atom stereocenters. The molecule has 1 saturated heterocycles. The molecular formula is C31H34N8O2S. The summed E-state index contributed by atoms with van der Waals surface area (Å²) in [6.45, 7) is 2.51. The third-order valence-electron chi connectivity index (χ3n) is 8.70. The SMILES string of the molecule is CN(C)S(=O)(=O)N1CCN(C2CC(c3nc(-c4ccc5ccc(-c6ccccc6)nc5c4)c4c(N)nccn34)C2)CC1. The van der Waals surface area contributed by atoms with Gasteiger partial charge in [0, 0.05) is 81.1 Å². The van der Waals surface area contributed by atoms with Crippen molar-refractivity contribution in [2.24, 2.45) is 0 Å². The average molecular weight is 583 g/mol. The molecule has 0 spiro atoms. The van der Waals surface area contributed by atoms with Crippen LogP contribution in [0.2, 0.25) is 0 Å². The molecule has 1 saturated carbocycles. The molecule has 2 aromatic carbocycles. The zero-order chi connectivity index (χ0) is 29.0. The lowest BCUT2D eigenvalue weighted by Crippen LogP contribution is -2.56. The zero-order valence-corrected chi connectivity index (χ0v) is 24.6. The summed E-state index contributed by atoms with van der Waals surface area (Å²) in [6, 6.07) is 21.0. The first-order valence-corrected chi connectivity index (χ1v) is 15.7. The molecule has 2 aliphatic rings. The van der Waals surface area contributed by atoms with Crippen molar-refractivity contribution in [1.29, 1.82) is 0 Å². The largest absolute Gasteiger partial charge is 0.382 e. The Labute approximate surface area is 245 Å². The number of nitrogens with two attached hydrogens (primary N) is 1. The molecule has 2 N–H and O–H groups in total. The highest BCUT2D eigenvalue weighted by Gasteiger charge is 2.40. The minimum atomic E-state index is -3.37. The molecule has 0 unspecified atom stereocenters. The molecule has 42 heavy (non-hydrogen) atoms. The molecule has 4 heterocycles. The number of imidazole rings is 1. The minimum Gasteiger partial charge on any atom is -0.382 e. The highest BCUT2D eigenvalue weighted by Crippen LogP contribution is 2.42. The fraction of sp³-hybridized carbons (Fsp3) is 0.323. The Kier molecular flexibility index (Phi) is 6.69. The monoisotopic (exact) mass is 582 g/mol. The molecule has 10 nitrogen and oxygen atoms in total. The first-order valence-electron chi connectivity index (χ1n) is 14.3. The lowest BCUT2D eigenvalue weighted by atomic mass is 9.78. The quantitative estimate of drug-likeness (QED) is 0.324. The maximum Gasteiger partial charge on any atom is 0.281 e. The van der Waals surface area contributed by atoms with E-state index in [9.17, 15) is 8.42 Å². The molecule has 0 bridgehead atoms. The van der Waals surface area contributed by atoms with Crippen LogP contribution in [0.4, 0.5) is 5.82 Å². The molecule has 1 aliphatic heterocycles. The highest BCUT2D eigenvalue weighted by molar-refractivity contribution is 7.86. The van der Waals surface area contributed by atoms with E-state index >= 15 is 0 Å². The normalized spacial score (nSPS) is 20.4. The van der Waals surface area contributed by atoms with Crippen molar-refractivity contribution >= 4 is 32.4 Å². The van der Waals surface area contributed by atoms with Crippen LogP contribution in [0.1, 0.15) is 24.6 Å². The van der Waals surface area contributed by atoms with E-state index in [1.807, 2.05) is 24.4 Å². The molecule has 7 rings (SSSR count). The van der Waals surface area contributed by atoms with Gasteiger partial charge >= 0.3 is 0 Å². The fourth-order valence-corrected chi connectivity index (χ4v) is 7.32. The van der Waals surface area contributed by atoms with E-state index in [1.165, 1.54) is 4.31 Å². The van der Waals surface area contributed by atoms with Crippen molar-refractivity contribution in [1.82, 2.24) is 32.9 Å². The number of hydrogen-bond acceptors (Lipinski definition) is 7. The van der Waals surface area contributed by atoms with Gasteiger partial charge in [0.1, 0.15) is 22.9 Å². The number of rotatable bonds is 6. The molecule has 5 aromatic rings. The number of nitrogen functional groups attached to an aromatic ring is 1.